The first-order valence-corrected chi connectivity index (χ1v) is 5.58. The standard InChI is InChI=1S/C10H9O3S/c1-2-7-14(12,13)10-6-4-3-5-9(10)8-11/h2-6H,1,7H2. The number of rotatable bonds is 4. The van der Waals surface area contributed by atoms with Gasteiger partial charge in [0.1, 0.15) is 0 Å². The molecule has 73 valence electrons. The summed E-state index contributed by atoms with van der Waals surface area (Å²) in [7, 11) is -3.43. The van der Waals surface area contributed by atoms with Gasteiger partial charge in [0.25, 0.3) is 0 Å². The third-order valence-corrected chi connectivity index (χ3v) is 3.37. The van der Waals surface area contributed by atoms with Crippen molar-refractivity contribution in [3.63, 3.8) is 0 Å². The SMILES string of the molecule is C=CCS(=O)(=O)c1ccccc1[C]=O. The molecule has 0 unspecified atom stereocenters. The molecule has 0 atom stereocenters. The first-order valence-electron chi connectivity index (χ1n) is 3.92. The van der Waals surface area contributed by atoms with Gasteiger partial charge in [-0.3, -0.25) is 4.79 Å². The molecule has 3 nitrogen and oxygen atoms in total. The predicted octanol–water partition coefficient (Wildman–Crippen LogP) is 1.10. The van der Waals surface area contributed by atoms with Gasteiger partial charge >= 0.3 is 0 Å². The van der Waals surface area contributed by atoms with E-state index in [2.05, 4.69) is 6.58 Å². The van der Waals surface area contributed by atoms with Gasteiger partial charge < -0.3 is 0 Å². The molecule has 0 heterocycles. The van der Waals surface area contributed by atoms with Crippen molar-refractivity contribution >= 4 is 16.1 Å². The summed E-state index contributed by atoms with van der Waals surface area (Å²) in [6, 6.07) is 5.96. The molecule has 1 aromatic rings. The quantitative estimate of drug-likeness (QED) is 0.698. The topological polar surface area (TPSA) is 51.2 Å². The third kappa shape index (κ3) is 2.09. The molecule has 0 saturated heterocycles. The zero-order valence-corrected chi connectivity index (χ0v) is 8.25. The normalized spacial score (nSPS) is 10.9. The summed E-state index contributed by atoms with van der Waals surface area (Å²) in [6.07, 6.45) is 2.89. The maximum absolute atomic E-state index is 11.6. The van der Waals surface area contributed by atoms with Crippen molar-refractivity contribution in [3.05, 3.63) is 42.5 Å². The van der Waals surface area contributed by atoms with Crippen molar-refractivity contribution < 1.29 is 13.2 Å². The van der Waals surface area contributed by atoms with Crippen LogP contribution in [0.25, 0.3) is 0 Å². The molecule has 0 saturated carbocycles. The molecule has 0 amide bonds. The molecule has 0 aliphatic rings. The molecule has 14 heavy (non-hydrogen) atoms. The van der Waals surface area contributed by atoms with Crippen LogP contribution in [0.5, 0.6) is 0 Å². The summed E-state index contributed by atoms with van der Waals surface area (Å²) >= 11 is 0. The van der Waals surface area contributed by atoms with Crippen LogP contribution < -0.4 is 0 Å². The van der Waals surface area contributed by atoms with E-state index in [4.69, 9.17) is 0 Å². The van der Waals surface area contributed by atoms with E-state index in [0.717, 1.165) is 0 Å². The lowest BCUT2D eigenvalue weighted by Gasteiger charge is -2.02. The molecule has 0 fully saturated rings. The lowest BCUT2D eigenvalue weighted by molar-refractivity contribution is 0.561. The van der Waals surface area contributed by atoms with Crippen LogP contribution in [0.4, 0.5) is 0 Å². The Hall–Kier alpha value is -1.42. The molecule has 0 aromatic heterocycles. The van der Waals surface area contributed by atoms with Gasteiger partial charge in [-0.1, -0.05) is 18.2 Å². The first-order chi connectivity index (χ1) is 6.61. The van der Waals surface area contributed by atoms with Crippen LogP contribution in [-0.4, -0.2) is 20.5 Å². The molecule has 1 aromatic carbocycles. The second kappa shape index (κ2) is 4.19. The van der Waals surface area contributed by atoms with Crippen molar-refractivity contribution in [3.8, 4) is 0 Å². The molecule has 0 N–H and O–H groups in total. The van der Waals surface area contributed by atoms with Crippen molar-refractivity contribution in [2.75, 3.05) is 5.75 Å². The van der Waals surface area contributed by atoms with Gasteiger partial charge in [0.2, 0.25) is 6.29 Å². The van der Waals surface area contributed by atoms with Gasteiger partial charge in [0.15, 0.2) is 9.84 Å². The second-order valence-corrected chi connectivity index (χ2v) is 4.67. The van der Waals surface area contributed by atoms with Gasteiger partial charge in [0.05, 0.1) is 10.6 Å². The fourth-order valence-corrected chi connectivity index (χ4v) is 2.29. The van der Waals surface area contributed by atoms with Gasteiger partial charge in [0, 0.05) is 5.56 Å². The Morgan fingerprint density at radius 3 is 2.57 bits per heavy atom. The monoisotopic (exact) mass is 209 g/mol. The summed E-state index contributed by atoms with van der Waals surface area (Å²) < 4.78 is 23.1. The fourth-order valence-electron chi connectivity index (χ4n) is 1.07. The summed E-state index contributed by atoms with van der Waals surface area (Å²) in [5, 5.41) is 0. The van der Waals surface area contributed by atoms with E-state index in [-0.39, 0.29) is 16.2 Å². The number of hydrogen-bond donors (Lipinski definition) is 0. The average Bonchev–Trinajstić information content (AvgIpc) is 2.18. The predicted molar refractivity (Wildman–Crippen MR) is 53.5 cm³/mol. The molecule has 0 aliphatic heterocycles. The summed E-state index contributed by atoms with van der Waals surface area (Å²) in [5.41, 5.74) is 0.0642. The van der Waals surface area contributed by atoms with Gasteiger partial charge in [-0.15, -0.1) is 6.58 Å². The Balaban J connectivity index is 3.31. The Bertz CT molecular complexity index is 446. The van der Waals surface area contributed by atoms with E-state index in [1.807, 2.05) is 0 Å². The minimum absolute atomic E-state index is 0.00917. The van der Waals surface area contributed by atoms with E-state index in [9.17, 15) is 13.2 Å². The molecular weight excluding hydrogens is 200 g/mol. The molecular formula is C10H9O3S. The summed E-state index contributed by atoms with van der Waals surface area (Å²) in [6.45, 7) is 3.35. The summed E-state index contributed by atoms with van der Waals surface area (Å²) in [4.78, 5) is 10.5. The smallest absolute Gasteiger partial charge is 0.234 e. The number of sulfone groups is 1. The second-order valence-electron chi connectivity index (χ2n) is 2.67. The Morgan fingerprint density at radius 1 is 1.36 bits per heavy atom. The number of carbonyl (C=O) groups excluding carboxylic acids is 1. The molecule has 1 rings (SSSR count). The van der Waals surface area contributed by atoms with Gasteiger partial charge in [-0.2, -0.15) is 0 Å². The van der Waals surface area contributed by atoms with Crippen LogP contribution in [0.3, 0.4) is 0 Å². The van der Waals surface area contributed by atoms with E-state index in [0.29, 0.717) is 0 Å². The highest BCUT2D eigenvalue weighted by molar-refractivity contribution is 7.91. The lowest BCUT2D eigenvalue weighted by Crippen LogP contribution is -2.07. The van der Waals surface area contributed by atoms with Crippen LogP contribution in [0.15, 0.2) is 41.8 Å². The van der Waals surface area contributed by atoms with Crippen LogP contribution in [0.1, 0.15) is 5.56 Å². The minimum Gasteiger partial charge on any atom is -0.285 e. The molecule has 1 radical (unpaired) electrons. The highest BCUT2D eigenvalue weighted by Crippen LogP contribution is 2.14. The largest absolute Gasteiger partial charge is 0.285 e. The van der Waals surface area contributed by atoms with E-state index in [1.165, 1.54) is 18.2 Å². The highest BCUT2D eigenvalue weighted by Gasteiger charge is 2.16. The van der Waals surface area contributed by atoms with Crippen molar-refractivity contribution in [1.29, 1.82) is 0 Å². The van der Waals surface area contributed by atoms with Crippen molar-refractivity contribution in [1.82, 2.24) is 0 Å². The molecule has 0 bridgehead atoms. The van der Waals surface area contributed by atoms with E-state index in [1.54, 1.807) is 18.4 Å². The third-order valence-electron chi connectivity index (χ3n) is 1.67. The fraction of sp³-hybridized carbons (Fsp3) is 0.100. The zero-order valence-electron chi connectivity index (χ0n) is 7.43. The Morgan fingerprint density at radius 2 is 2.00 bits per heavy atom. The molecule has 0 spiro atoms. The number of benzene rings is 1. The Kier molecular flexibility index (Phi) is 3.19. The lowest BCUT2D eigenvalue weighted by atomic mass is 10.2. The summed E-state index contributed by atoms with van der Waals surface area (Å²) in [5.74, 6) is -0.175. The van der Waals surface area contributed by atoms with Crippen molar-refractivity contribution in [2.45, 2.75) is 4.90 Å². The van der Waals surface area contributed by atoms with Crippen molar-refractivity contribution in [2.24, 2.45) is 0 Å². The van der Waals surface area contributed by atoms with Gasteiger partial charge in [-0.05, 0) is 12.1 Å². The molecule has 4 heteroatoms. The number of hydrogen-bond acceptors (Lipinski definition) is 3. The maximum Gasteiger partial charge on any atom is 0.234 e. The maximum atomic E-state index is 11.6. The van der Waals surface area contributed by atoms with Crippen LogP contribution >= 0.6 is 0 Å². The Labute approximate surface area is 83.0 Å². The van der Waals surface area contributed by atoms with E-state index >= 15 is 0 Å². The van der Waals surface area contributed by atoms with Gasteiger partial charge in [-0.25, -0.2) is 8.42 Å². The van der Waals surface area contributed by atoms with Crippen LogP contribution in [0, 0.1) is 0 Å². The van der Waals surface area contributed by atoms with Crippen LogP contribution in [-0.2, 0) is 14.6 Å². The van der Waals surface area contributed by atoms with E-state index < -0.39 is 9.84 Å². The zero-order chi connectivity index (χ0) is 10.6. The highest BCUT2D eigenvalue weighted by atomic mass is 32.2. The molecule has 0 aliphatic carbocycles. The van der Waals surface area contributed by atoms with Crippen LogP contribution in [0.2, 0.25) is 0 Å². The minimum atomic E-state index is -3.43. The average molecular weight is 209 g/mol. The first kappa shape index (κ1) is 10.7.